The first kappa shape index (κ1) is 10.5. The van der Waals surface area contributed by atoms with Crippen LogP contribution in [-0.4, -0.2) is 5.25 Å². The summed E-state index contributed by atoms with van der Waals surface area (Å²) in [5.41, 5.74) is 0. The molecule has 0 saturated heterocycles. The van der Waals surface area contributed by atoms with Crippen LogP contribution in [0.25, 0.3) is 0 Å². The van der Waals surface area contributed by atoms with E-state index in [4.69, 9.17) is 0 Å². The first-order valence-electron chi connectivity index (χ1n) is 6.15. The van der Waals surface area contributed by atoms with Gasteiger partial charge in [0.15, 0.2) is 0 Å². The molecule has 16 heavy (non-hydrogen) atoms. The van der Waals surface area contributed by atoms with Gasteiger partial charge in [0.2, 0.25) is 0 Å². The van der Waals surface area contributed by atoms with E-state index in [0.29, 0.717) is 17.1 Å². The fourth-order valence-corrected chi connectivity index (χ4v) is 3.31. The molecule has 0 bridgehead atoms. The van der Waals surface area contributed by atoms with Gasteiger partial charge >= 0.3 is 0 Å². The average Bonchev–Trinajstić information content (AvgIpc) is 2.15. The van der Waals surface area contributed by atoms with Gasteiger partial charge < -0.3 is 0 Å². The lowest BCUT2D eigenvalue weighted by Crippen LogP contribution is -2.40. The van der Waals surface area contributed by atoms with Gasteiger partial charge in [-0.15, -0.1) is 6.58 Å². The van der Waals surface area contributed by atoms with E-state index in [2.05, 4.69) is 55.7 Å². The first-order chi connectivity index (χ1) is 7.81. The van der Waals surface area contributed by atoms with E-state index >= 15 is 0 Å². The number of thiol groups is 1. The van der Waals surface area contributed by atoms with Gasteiger partial charge in [-0.2, -0.15) is 12.6 Å². The Balaban J connectivity index is 1.67. The Morgan fingerprint density at radius 3 is 2.12 bits per heavy atom. The van der Waals surface area contributed by atoms with Crippen LogP contribution >= 0.6 is 12.6 Å². The summed E-state index contributed by atoms with van der Waals surface area (Å²) >= 11 is 4.58. The normalized spacial score (nSPS) is 45.4. The Kier molecular flexibility index (Phi) is 2.59. The van der Waals surface area contributed by atoms with E-state index in [1.54, 1.807) is 0 Å². The highest BCUT2D eigenvalue weighted by atomic mass is 32.1. The molecule has 0 radical (unpaired) electrons. The third-order valence-corrected chi connectivity index (χ3v) is 4.92. The van der Waals surface area contributed by atoms with E-state index in [1.165, 1.54) is 6.42 Å². The molecule has 84 valence electrons. The summed E-state index contributed by atoms with van der Waals surface area (Å²) in [5, 5.41) is 0.321. The highest BCUT2D eigenvalue weighted by molar-refractivity contribution is 7.81. The van der Waals surface area contributed by atoms with E-state index in [1.807, 2.05) is 6.08 Å². The maximum absolute atomic E-state index is 4.58. The van der Waals surface area contributed by atoms with Crippen molar-refractivity contribution in [1.29, 1.82) is 0 Å². The molecule has 3 aliphatic rings. The zero-order chi connectivity index (χ0) is 11.1. The summed E-state index contributed by atoms with van der Waals surface area (Å²) in [6.45, 7) is 3.84. The minimum atomic E-state index is 0.321. The van der Waals surface area contributed by atoms with Gasteiger partial charge in [-0.3, -0.25) is 0 Å². The van der Waals surface area contributed by atoms with E-state index < -0.39 is 0 Å². The Morgan fingerprint density at radius 2 is 1.75 bits per heavy atom. The van der Waals surface area contributed by atoms with Gasteiger partial charge in [-0.05, 0) is 36.0 Å². The quantitative estimate of drug-likeness (QED) is 0.553. The maximum atomic E-state index is 4.58. The van der Waals surface area contributed by atoms with Crippen LogP contribution < -0.4 is 0 Å². The molecule has 0 aromatic carbocycles. The van der Waals surface area contributed by atoms with Crippen molar-refractivity contribution in [3.8, 4) is 0 Å². The molecule has 0 heterocycles. The Bertz CT molecular complexity index is 355. The molecule has 0 nitrogen and oxygen atoms in total. The molecule has 1 heteroatoms. The fraction of sp³-hybridized carbons (Fsp3) is 0.467. The Morgan fingerprint density at radius 1 is 1.06 bits per heavy atom. The van der Waals surface area contributed by atoms with Crippen molar-refractivity contribution in [3.63, 3.8) is 0 Å². The molecule has 0 spiro atoms. The second kappa shape index (κ2) is 3.96. The molecule has 3 rings (SSSR count). The van der Waals surface area contributed by atoms with Crippen LogP contribution in [0.15, 0.2) is 49.1 Å². The van der Waals surface area contributed by atoms with Gasteiger partial charge in [-0.25, -0.2) is 0 Å². The van der Waals surface area contributed by atoms with E-state index in [0.717, 1.165) is 17.8 Å². The van der Waals surface area contributed by atoms with Gasteiger partial charge in [0.05, 0.1) is 0 Å². The van der Waals surface area contributed by atoms with Crippen molar-refractivity contribution in [1.82, 2.24) is 0 Å². The highest BCUT2D eigenvalue weighted by Gasteiger charge is 2.42. The molecule has 0 saturated carbocycles. The molecular weight excluding hydrogens is 212 g/mol. The summed E-state index contributed by atoms with van der Waals surface area (Å²) in [6, 6.07) is 0. The molecule has 6 atom stereocenters. The summed E-state index contributed by atoms with van der Waals surface area (Å²) < 4.78 is 0. The van der Waals surface area contributed by atoms with Crippen LogP contribution in [0.5, 0.6) is 0 Å². The third-order valence-electron chi connectivity index (χ3n) is 4.37. The minimum Gasteiger partial charge on any atom is -0.171 e. The Hall–Kier alpha value is -0.690. The largest absolute Gasteiger partial charge is 0.171 e. The summed E-state index contributed by atoms with van der Waals surface area (Å²) in [7, 11) is 0. The van der Waals surface area contributed by atoms with Crippen LogP contribution in [0, 0.1) is 29.6 Å². The van der Waals surface area contributed by atoms with Gasteiger partial charge in [-0.1, -0.05) is 42.5 Å². The van der Waals surface area contributed by atoms with Crippen molar-refractivity contribution in [3.05, 3.63) is 49.1 Å². The van der Waals surface area contributed by atoms with Crippen molar-refractivity contribution in [2.45, 2.75) is 11.7 Å². The molecule has 0 N–H and O–H groups in total. The Labute approximate surface area is 103 Å². The third kappa shape index (κ3) is 1.45. The van der Waals surface area contributed by atoms with Crippen molar-refractivity contribution >= 4 is 12.6 Å². The van der Waals surface area contributed by atoms with Gasteiger partial charge in [0.25, 0.3) is 0 Å². The molecule has 0 fully saturated rings. The smallest absolute Gasteiger partial charge is 0.0262 e. The zero-order valence-electron chi connectivity index (χ0n) is 9.37. The van der Waals surface area contributed by atoms with Crippen molar-refractivity contribution in [2.24, 2.45) is 29.6 Å². The molecule has 3 aliphatic carbocycles. The second-order valence-corrected chi connectivity index (χ2v) is 5.73. The van der Waals surface area contributed by atoms with E-state index in [-0.39, 0.29) is 0 Å². The molecular formula is C15H18S. The van der Waals surface area contributed by atoms with Gasteiger partial charge in [0, 0.05) is 5.25 Å². The maximum Gasteiger partial charge on any atom is 0.0262 e. The first-order valence-corrected chi connectivity index (χ1v) is 6.67. The highest BCUT2D eigenvalue weighted by Crippen LogP contribution is 2.49. The van der Waals surface area contributed by atoms with Crippen LogP contribution in [0.2, 0.25) is 0 Å². The zero-order valence-corrected chi connectivity index (χ0v) is 10.3. The lowest BCUT2D eigenvalue weighted by molar-refractivity contribution is 0.214. The predicted octanol–water partition coefficient (Wildman–Crippen LogP) is 3.65. The molecule has 0 aromatic heterocycles. The average molecular weight is 230 g/mol. The monoisotopic (exact) mass is 230 g/mol. The predicted molar refractivity (Wildman–Crippen MR) is 72.5 cm³/mol. The molecule has 0 aromatic rings. The van der Waals surface area contributed by atoms with Crippen LogP contribution in [0.1, 0.15) is 6.42 Å². The van der Waals surface area contributed by atoms with E-state index in [9.17, 15) is 0 Å². The molecule has 0 aliphatic heterocycles. The summed E-state index contributed by atoms with van der Waals surface area (Å²) in [5.74, 6) is 3.64. The standard InChI is InChI=1S/C15H18S/c1-2-15(16)14-9-8-13(14)12-7-6-11(12)10-4-3-5-10/h2-4,6-16H,1,5H2. The second-order valence-electron chi connectivity index (χ2n) is 5.13. The number of hydrogen-bond acceptors (Lipinski definition) is 1. The molecule has 6 unspecified atom stereocenters. The van der Waals surface area contributed by atoms with Crippen molar-refractivity contribution < 1.29 is 0 Å². The minimum absolute atomic E-state index is 0.321. The van der Waals surface area contributed by atoms with Crippen LogP contribution in [-0.2, 0) is 0 Å². The number of hydrogen-bond donors (Lipinski definition) is 1. The van der Waals surface area contributed by atoms with Gasteiger partial charge in [0.1, 0.15) is 0 Å². The lowest BCUT2D eigenvalue weighted by atomic mass is 9.59. The number of allylic oxidation sites excluding steroid dienone is 6. The van der Waals surface area contributed by atoms with Crippen molar-refractivity contribution in [2.75, 3.05) is 0 Å². The summed E-state index contributed by atoms with van der Waals surface area (Å²) in [6.07, 6.45) is 17.3. The SMILES string of the molecule is C=CC(S)C1C=CC1C1C=CC1C1C=CC1. The lowest BCUT2D eigenvalue weighted by Gasteiger charge is -2.46. The summed E-state index contributed by atoms with van der Waals surface area (Å²) in [4.78, 5) is 0. The van der Waals surface area contributed by atoms with Crippen LogP contribution in [0.3, 0.4) is 0 Å². The fourth-order valence-electron chi connectivity index (χ4n) is 3.01. The molecule has 0 amide bonds. The number of rotatable bonds is 4. The van der Waals surface area contributed by atoms with Crippen LogP contribution in [0.4, 0.5) is 0 Å². The topological polar surface area (TPSA) is 0 Å².